The molecule has 0 amide bonds. The Hall–Kier alpha value is -2.81. The van der Waals surface area contributed by atoms with Crippen LogP contribution in [0.3, 0.4) is 0 Å². The smallest absolute Gasteiger partial charge is 0.294 e. The van der Waals surface area contributed by atoms with Gasteiger partial charge < -0.3 is 5.11 Å². The minimum absolute atomic E-state index is 0.284. The molecular formula is C18H14ClN3O4S. The second-order valence-electron chi connectivity index (χ2n) is 6.03. The van der Waals surface area contributed by atoms with E-state index in [2.05, 4.69) is 10.4 Å². The first-order valence-electron chi connectivity index (χ1n) is 7.89. The summed E-state index contributed by atoms with van der Waals surface area (Å²) < 4.78 is 33.8. The molecule has 1 aromatic heterocycles. The average molecular weight is 404 g/mol. The van der Waals surface area contributed by atoms with Crippen LogP contribution in [0.2, 0.25) is 5.02 Å². The minimum Gasteiger partial charge on any atom is -0.507 e. The number of nitrogens with one attached hydrogen (secondary N) is 1. The van der Waals surface area contributed by atoms with Crippen LogP contribution < -0.4 is 5.43 Å². The van der Waals surface area contributed by atoms with Crippen molar-refractivity contribution in [3.8, 4) is 5.75 Å². The standard InChI is InChI=1S/C18H14ClN3O4S/c1-10-20-15-7-6-11-8-12(27(24,25)26)9-16(23)17(11)18(15)22(10)21-14-5-3-2-4-13(14)19/h2-9,21,23H,1H3,(H,24,25,26). The molecule has 138 valence electrons. The molecule has 0 radical (unpaired) electrons. The number of nitrogens with zero attached hydrogens (tertiary/aromatic N) is 2. The fourth-order valence-corrected chi connectivity index (χ4v) is 3.76. The highest BCUT2D eigenvalue weighted by Crippen LogP contribution is 2.35. The van der Waals surface area contributed by atoms with E-state index in [4.69, 9.17) is 11.6 Å². The van der Waals surface area contributed by atoms with Crippen LogP contribution in [0.5, 0.6) is 5.75 Å². The lowest BCUT2D eigenvalue weighted by Crippen LogP contribution is -2.11. The predicted octanol–water partition coefficient (Wildman–Crippen LogP) is 3.98. The van der Waals surface area contributed by atoms with Gasteiger partial charge in [0.25, 0.3) is 10.1 Å². The number of rotatable bonds is 3. The summed E-state index contributed by atoms with van der Waals surface area (Å²) >= 11 is 6.23. The normalized spacial score (nSPS) is 12.0. The van der Waals surface area contributed by atoms with E-state index in [1.54, 1.807) is 35.9 Å². The molecule has 0 spiro atoms. The van der Waals surface area contributed by atoms with Crippen LogP contribution in [0, 0.1) is 6.92 Å². The zero-order valence-electron chi connectivity index (χ0n) is 14.0. The number of aromatic nitrogens is 2. The van der Waals surface area contributed by atoms with E-state index in [-0.39, 0.29) is 10.6 Å². The second kappa shape index (κ2) is 6.12. The van der Waals surface area contributed by atoms with E-state index in [1.807, 2.05) is 12.1 Å². The number of imidazole rings is 1. The van der Waals surface area contributed by atoms with E-state index in [9.17, 15) is 18.1 Å². The van der Waals surface area contributed by atoms with Crippen LogP contribution in [-0.4, -0.2) is 27.7 Å². The first kappa shape index (κ1) is 17.6. The maximum absolute atomic E-state index is 11.4. The molecule has 0 fully saturated rings. The molecule has 27 heavy (non-hydrogen) atoms. The number of halogens is 1. The predicted molar refractivity (Wildman–Crippen MR) is 104 cm³/mol. The quantitative estimate of drug-likeness (QED) is 0.447. The van der Waals surface area contributed by atoms with E-state index in [0.717, 1.165) is 6.07 Å². The van der Waals surface area contributed by atoms with Crippen LogP contribution in [0.15, 0.2) is 53.4 Å². The largest absolute Gasteiger partial charge is 0.507 e. The van der Waals surface area contributed by atoms with Crippen molar-refractivity contribution in [3.05, 3.63) is 59.4 Å². The van der Waals surface area contributed by atoms with Gasteiger partial charge in [-0.3, -0.25) is 9.98 Å². The number of aryl methyl sites for hydroxylation is 1. The number of phenols is 1. The molecule has 1 heterocycles. The number of hydrogen-bond donors (Lipinski definition) is 3. The zero-order valence-corrected chi connectivity index (χ0v) is 15.6. The molecule has 0 aliphatic rings. The Bertz CT molecular complexity index is 1320. The van der Waals surface area contributed by atoms with Gasteiger partial charge in [-0.1, -0.05) is 29.8 Å². The Morgan fingerprint density at radius 3 is 2.59 bits per heavy atom. The molecule has 4 aromatic rings. The Kier molecular flexibility index (Phi) is 3.99. The van der Waals surface area contributed by atoms with Crippen molar-refractivity contribution in [2.24, 2.45) is 0 Å². The Labute approximate surface area is 159 Å². The van der Waals surface area contributed by atoms with E-state index < -0.39 is 10.1 Å². The van der Waals surface area contributed by atoms with Gasteiger partial charge >= 0.3 is 0 Å². The maximum atomic E-state index is 11.4. The van der Waals surface area contributed by atoms with Gasteiger partial charge in [-0.25, -0.2) is 9.66 Å². The van der Waals surface area contributed by atoms with Gasteiger partial charge in [0.1, 0.15) is 17.1 Å². The summed E-state index contributed by atoms with van der Waals surface area (Å²) in [5.74, 6) is 0.337. The summed E-state index contributed by atoms with van der Waals surface area (Å²) in [6.07, 6.45) is 0. The van der Waals surface area contributed by atoms with Gasteiger partial charge in [0.05, 0.1) is 26.5 Å². The third-order valence-corrected chi connectivity index (χ3v) is 5.42. The molecule has 0 bridgehead atoms. The van der Waals surface area contributed by atoms with E-state index in [1.165, 1.54) is 6.07 Å². The summed E-state index contributed by atoms with van der Waals surface area (Å²) in [5, 5.41) is 11.9. The molecule has 0 unspecified atom stereocenters. The molecule has 0 atom stereocenters. The summed E-state index contributed by atoms with van der Waals surface area (Å²) in [7, 11) is -4.44. The first-order valence-corrected chi connectivity index (χ1v) is 9.71. The lowest BCUT2D eigenvalue weighted by Gasteiger charge is -2.14. The summed E-state index contributed by atoms with van der Waals surface area (Å²) in [6, 6.07) is 12.8. The van der Waals surface area contributed by atoms with E-state index >= 15 is 0 Å². The second-order valence-corrected chi connectivity index (χ2v) is 7.86. The summed E-state index contributed by atoms with van der Waals surface area (Å²) in [4.78, 5) is 4.10. The lowest BCUT2D eigenvalue weighted by molar-refractivity contribution is 0.471. The average Bonchev–Trinajstić information content (AvgIpc) is 2.91. The molecule has 0 aliphatic heterocycles. The third-order valence-electron chi connectivity index (χ3n) is 4.26. The van der Waals surface area contributed by atoms with Gasteiger partial charge in [-0.15, -0.1) is 0 Å². The monoisotopic (exact) mass is 403 g/mol. The van der Waals surface area contributed by atoms with Crippen molar-refractivity contribution in [1.29, 1.82) is 0 Å². The molecular weight excluding hydrogens is 390 g/mol. The molecule has 3 N–H and O–H groups in total. The Balaban J connectivity index is 2.03. The highest BCUT2D eigenvalue weighted by atomic mass is 35.5. The molecule has 0 aliphatic carbocycles. The number of anilines is 1. The van der Waals surface area contributed by atoms with Crippen molar-refractivity contribution >= 4 is 49.2 Å². The van der Waals surface area contributed by atoms with E-state index in [0.29, 0.717) is 38.3 Å². The fourth-order valence-electron chi connectivity index (χ4n) is 3.05. The van der Waals surface area contributed by atoms with Crippen molar-refractivity contribution < 1.29 is 18.1 Å². The Morgan fingerprint density at radius 1 is 1.15 bits per heavy atom. The SMILES string of the molecule is Cc1nc2ccc3cc(S(=O)(=O)O)cc(O)c3c2n1Nc1ccccc1Cl. The Morgan fingerprint density at radius 2 is 1.89 bits per heavy atom. The van der Waals surface area contributed by atoms with Gasteiger partial charge in [-0.05, 0) is 36.6 Å². The van der Waals surface area contributed by atoms with Crippen LogP contribution in [0.4, 0.5) is 5.69 Å². The van der Waals surface area contributed by atoms with Crippen LogP contribution in [0.1, 0.15) is 5.82 Å². The van der Waals surface area contributed by atoms with Crippen molar-refractivity contribution in [2.45, 2.75) is 11.8 Å². The van der Waals surface area contributed by atoms with Crippen molar-refractivity contribution in [2.75, 3.05) is 5.43 Å². The molecule has 3 aromatic carbocycles. The molecule has 0 saturated carbocycles. The van der Waals surface area contributed by atoms with Crippen LogP contribution in [0.25, 0.3) is 21.8 Å². The molecule has 9 heteroatoms. The van der Waals surface area contributed by atoms with Gasteiger partial charge in [0.15, 0.2) is 0 Å². The number of hydrogen-bond acceptors (Lipinski definition) is 5. The van der Waals surface area contributed by atoms with Gasteiger partial charge in [0, 0.05) is 6.07 Å². The zero-order chi connectivity index (χ0) is 19.3. The number of fused-ring (bicyclic) bond motifs is 3. The maximum Gasteiger partial charge on any atom is 0.294 e. The molecule has 4 rings (SSSR count). The van der Waals surface area contributed by atoms with Crippen molar-refractivity contribution in [3.63, 3.8) is 0 Å². The molecule has 7 nitrogen and oxygen atoms in total. The highest BCUT2D eigenvalue weighted by Gasteiger charge is 2.18. The highest BCUT2D eigenvalue weighted by molar-refractivity contribution is 7.85. The fraction of sp³-hybridized carbons (Fsp3) is 0.0556. The van der Waals surface area contributed by atoms with Crippen LogP contribution >= 0.6 is 11.6 Å². The summed E-state index contributed by atoms with van der Waals surface area (Å²) in [5.41, 5.74) is 4.98. The summed E-state index contributed by atoms with van der Waals surface area (Å²) in [6.45, 7) is 1.79. The van der Waals surface area contributed by atoms with Crippen molar-refractivity contribution in [1.82, 2.24) is 9.66 Å². The van der Waals surface area contributed by atoms with Crippen LogP contribution in [-0.2, 0) is 10.1 Å². The molecule has 0 saturated heterocycles. The number of aromatic hydroxyl groups is 1. The minimum atomic E-state index is -4.44. The lowest BCUT2D eigenvalue weighted by atomic mass is 10.1. The number of benzene rings is 3. The first-order chi connectivity index (χ1) is 12.8. The van der Waals surface area contributed by atoms with Gasteiger partial charge in [0.2, 0.25) is 0 Å². The van der Waals surface area contributed by atoms with Gasteiger partial charge in [-0.2, -0.15) is 8.42 Å². The third kappa shape index (κ3) is 2.97. The topological polar surface area (TPSA) is 104 Å². The number of para-hydroxylation sites is 1. The number of phenolic OH excluding ortho intramolecular Hbond substituents is 1.